The fourth-order valence-corrected chi connectivity index (χ4v) is 1.53. The van der Waals surface area contributed by atoms with Crippen LogP contribution in [0, 0.1) is 12.5 Å². The van der Waals surface area contributed by atoms with E-state index in [-0.39, 0.29) is 0 Å². The van der Waals surface area contributed by atoms with Gasteiger partial charge in [-0.2, -0.15) is 0 Å². The summed E-state index contributed by atoms with van der Waals surface area (Å²) in [5.74, 6) is -1.20. The fourth-order valence-electron chi connectivity index (χ4n) is 1.32. The van der Waals surface area contributed by atoms with Crippen LogP contribution in [0.4, 0.5) is 5.69 Å². The van der Waals surface area contributed by atoms with E-state index in [1.807, 2.05) is 0 Å². The summed E-state index contributed by atoms with van der Waals surface area (Å²) < 4.78 is 0. The summed E-state index contributed by atoms with van der Waals surface area (Å²) in [6, 6.07) is 5.04. The first-order chi connectivity index (χ1) is 7.54. The van der Waals surface area contributed by atoms with Gasteiger partial charge in [0, 0.05) is 5.02 Å². The quantitative estimate of drug-likeness (QED) is 0.814. The molecule has 0 bridgehead atoms. The number of hydrogen-bond donors (Lipinski definition) is 1. The number of aliphatic carboxylic acids is 1. The first-order valence-corrected chi connectivity index (χ1v) is 5.31. The van der Waals surface area contributed by atoms with E-state index in [2.05, 4.69) is 4.85 Å². The number of benzene rings is 1. The Morgan fingerprint density at radius 2 is 2.31 bits per heavy atom. The van der Waals surface area contributed by atoms with Crippen molar-refractivity contribution in [2.24, 2.45) is 5.92 Å². The highest BCUT2D eigenvalue weighted by Gasteiger charge is 2.11. The van der Waals surface area contributed by atoms with Gasteiger partial charge in [-0.05, 0) is 18.4 Å². The summed E-state index contributed by atoms with van der Waals surface area (Å²) in [5.41, 5.74) is 1.37. The van der Waals surface area contributed by atoms with Crippen LogP contribution in [-0.4, -0.2) is 11.1 Å². The molecule has 0 aliphatic rings. The smallest absolute Gasteiger partial charge is 0.306 e. The first kappa shape index (κ1) is 12.5. The molecule has 1 atom stereocenters. The molecular weight excluding hydrogens is 226 g/mol. The number of carboxylic acids is 1. The SMILES string of the molecule is [C-]#[N+]c1ccc(Cl)c(CCC(C)C(=O)O)c1. The molecule has 0 fully saturated rings. The second kappa shape index (κ2) is 5.53. The fraction of sp³-hybridized carbons (Fsp3) is 0.333. The van der Waals surface area contributed by atoms with Gasteiger partial charge in [0.2, 0.25) is 0 Å². The van der Waals surface area contributed by atoms with Crippen LogP contribution in [0.3, 0.4) is 0 Å². The van der Waals surface area contributed by atoms with Gasteiger partial charge in [0.1, 0.15) is 0 Å². The Bertz CT molecular complexity index is 437. The average molecular weight is 238 g/mol. The third-order valence-corrected chi connectivity index (χ3v) is 2.80. The van der Waals surface area contributed by atoms with Crippen LogP contribution < -0.4 is 0 Å². The number of carboxylic acid groups (broad SMARTS) is 1. The van der Waals surface area contributed by atoms with Crippen LogP contribution in [0.1, 0.15) is 18.9 Å². The number of aryl methyl sites for hydroxylation is 1. The van der Waals surface area contributed by atoms with Crippen LogP contribution in [0.25, 0.3) is 4.85 Å². The second-order valence-electron chi connectivity index (χ2n) is 3.67. The van der Waals surface area contributed by atoms with E-state index in [9.17, 15) is 4.79 Å². The van der Waals surface area contributed by atoms with E-state index < -0.39 is 11.9 Å². The molecule has 1 N–H and O–H groups in total. The molecule has 84 valence electrons. The van der Waals surface area contributed by atoms with Crippen molar-refractivity contribution in [2.45, 2.75) is 19.8 Å². The minimum atomic E-state index is -0.808. The predicted octanol–water partition coefficient (Wildman–Crippen LogP) is 3.54. The minimum Gasteiger partial charge on any atom is -0.481 e. The normalized spacial score (nSPS) is 11.8. The molecule has 16 heavy (non-hydrogen) atoms. The summed E-state index contributed by atoms with van der Waals surface area (Å²) in [6.45, 7) is 8.55. The molecule has 1 unspecified atom stereocenters. The van der Waals surface area contributed by atoms with Gasteiger partial charge in [0.05, 0.1) is 12.5 Å². The maximum atomic E-state index is 10.6. The molecular formula is C12H12ClNO2. The molecule has 0 heterocycles. The van der Waals surface area contributed by atoms with Crippen LogP contribution in [0.15, 0.2) is 18.2 Å². The molecule has 3 nitrogen and oxygen atoms in total. The Kier molecular flexibility index (Phi) is 4.33. The summed E-state index contributed by atoms with van der Waals surface area (Å²) >= 11 is 5.97. The molecule has 4 heteroatoms. The van der Waals surface area contributed by atoms with Crippen LogP contribution in [0.5, 0.6) is 0 Å². The minimum absolute atomic E-state index is 0.396. The van der Waals surface area contributed by atoms with Crippen molar-refractivity contribution in [1.29, 1.82) is 0 Å². The van der Waals surface area contributed by atoms with Crippen LogP contribution >= 0.6 is 11.6 Å². The summed E-state index contributed by atoms with van der Waals surface area (Å²) in [5, 5.41) is 9.34. The van der Waals surface area contributed by atoms with Crippen molar-refractivity contribution in [3.05, 3.63) is 40.2 Å². The molecule has 0 saturated heterocycles. The lowest BCUT2D eigenvalue weighted by atomic mass is 10.0. The maximum Gasteiger partial charge on any atom is 0.306 e. The standard InChI is InChI=1S/C12H12ClNO2/c1-8(12(15)16)3-4-9-7-10(14-2)5-6-11(9)13/h5-8H,3-4H2,1H3,(H,15,16). The zero-order valence-corrected chi connectivity index (χ0v) is 9.66. The molecule has 0 amide bonds. The Morgan fingerprint density at radius 3 is 2.88 bits per heavy atom. The third-order valence-electron chi connectivity index (χ3n) is 2.43. The molecule has 0 saturated carbocycles. The Labute approximate surface area is 99.5 Å². The van der Waals surface area contributed by atoms with Gasteiger partial charge in [-0.25, -0.2) is 4.85 Å². The van der Waals surface area contributed by atoms with E-state index in [1.165, 1.54) is 0 Å². The highest BCUT2D eigenvalue weighted by molar-refractivity contribution is 6.31. The van der Waals surface area contributed by atoms with Gasteiger partial charge in [0.25, 0.3) is 0 Å². The first-order valence-electron chi connectivity index (χ1n) is 4.93. The maximum absolute atomic E-state index is 10.6. The lowest BCUT2D eigenvalue weighted by Crippen LogP contribution is -2.10. The summed E-state index contributed by atoms with van der Waals surface area (Å²) in [6.07, 6.45) is 1.10. The van der Waals surface area contributed by atoms with E-state index in [4.69, 9.17) is 23.3 Å². The molecule has 0 aromatic heterocycles. The van der Waals surface area contributed by atoms with Gasteiger partial charge >= 0.3 is 5.97 Å². The van der Waals surface area contributed by atoms with Crippen molar-refractivity contribution in [1.82, 2.24) is 0 Å². The third kappa shape index (κ3) is 3.25. The largest absolute Gasteiger partial charge is 0.481 e. The number of carbonyl (C=O) groups is 1. The average Bonchev–Trinajstić information content (AvgIpc) is 2.27. The number of rotatable bonds is 4. The second-order valence-corrected chi connectivity index (χ2v) is 4.07. The Morgan fingerprint density at radius 1 is 1.62 bits per heavy atom. The molecule has 0 spiro atoms. The monoisotopic (exact) mass is 237 g/mol. The van der Waals surface area contributed by atoms with Crippen LogP contribution in [0.2, 0.25) is 5.02 Å². The highest BCUT2D eigenvalue weighted by Crippen LogP contribution is 2.24. The summed E-state index contributed by atoms with van der Waals surface area (Å²) in [7, 11) is 0. The van der Waals surface area contributed by atoms with E-state index in [0.29, 0.717) is 23.6 Å². The zero-order valence-electron chi connectivity index (χ0n) is 8.90. The van der Waals surface area contributed by atoms with Crippen molar-refractivity contribution in [3.63, 3.8) is 0 Å². The van der Waals surface area contributed by atoms with Gasteiger partial charge in [-0.1, -0.05) is 36.7 Å². The van der Waals surface area contributed by atoms with Crippen molar-refractivity contribution in [3.8, 4) is 0 Å². The number of halogens is 1. The number of nitrogens with zero attached hydrogens (tertiary/aromatic N) is 1. The van der Waals surface area contributed by atoms with Crippen molar-refractivity contribution >= 4 is 23.3 Å². The van der Waals surface area contributed by atoms with E-state index >= 15 is 0 Å². The van der Waals surface area contributed by atoms with Gasteiger partial charge in [0.15, 0.2) is 5.69 Å². The zero-order chi connectivity index (χ0) is 12.1. The molecule has 0 radical (unpaired) electrons. The van der Waals surface area contributed by atoms with Gasteiger partial charge < -0.3 is 5.11 Å². The lowest BCUT2D eigenvalue weighted by Gasteiger charge is -2.07. The molecule has 0 aliphatic carbocycles. The molecule has 1 rings (SSSR count). The van der Waals surface area contributed by atoms with E-state index in [0.717, 1.165) is 5.56 Å². The van der Waals surface area contributed by atoms with E-state index in [1.54, 1.807) is 25.1 Å². The highest BCUT2D eigenvalue weighted by atomic mass is 35.5. The predicted molar refractivity (Wildman–Crippen MR) is 62.8 cm³/mol. The van der Waals surface area contributed by atoms with Gasteiger partial charge in [-0.15, -0.1) is 0 Å². The number of hydrogen-bond acceptors (Lipinski definition) is 1. The van der Waals surface area contributed by atoms with Crippen molar-refractivity contribution < 1.29 is 9.90 Å². The molecule has 1 aromatic rings. The lowest BCUT2D eigenvalue weighted by molar-refractivity contribution is -0.141. The van der Waals surface area contributed by atoms with Gasteiger partial charge in [-0.3, -0.25) is 4.79 Å². The molecule has 1 aromatic carbocycles. The summed E-state index contributed by atoms with van der Waals surface area (Å²) in [4.78, 5) is 14.0. The van der Waals surface area contributed by atoms with Crippen molar-refractivity contribution in [2.75, 3.05) is 0 Å². The molecule has 0 aliphatic heterocycles. The topological polar surface area (TPSA) is 41.7 Å². The Hall–Kier alpha value is -1.53. The Balaban J connectivity index is 2.74. The van der Waals surface area contributed by atoms with Crippen LogP contribution in [-0.2, 0) is 11.2 Å².